The lowest BCUT2D eigenvalue weighted by Gasteiger charge is -2.15. The second-order valence-electron chi connectivity index (χ2n) is 3.96. The maximum absolute atomic E-state index is 12.0. The fourth-order valence-corrected chi connectivity index (χ4v) is 1.85. The monoisotopic (exact) mass is 261 g/mol. The zero-order chi connectivity index (χ0) is 14.0. The molecule has 1 saturated heterocycles. The Morgan fingerprint density at radius 1 is 1.42 bits per heavy atom. The van der Waals surface area contributed by atoms with Gasteiger partial charge in [0, 0.05) is 18.7 Å². The number of anilines is 1. The number of rotatable bonds is 4. The van der Waals surface area contributed by atoms with Crippen LogP contribution in [0.3, 0.4) is 0 Å². The topological polar surface area (TPSA) is 83.8 Å². The van der Waals surface area contributed by atoms with Crippen LogP contribution in [0.4, 0.5) is 16.2 Å². The first-order valence-electron chi connectivity index (χ1n) is 5.52. The van der Waals surface area contributed by atoms with Crippen LogP contribution in [0.15, 0.2) is 36.9 Å². The fourth-order valence-electron chi connectivity index (χ4n) is 1.85. The van der Waals surface area contributed by atoms with Gasteiger partial charge in [-0.05, 0) is 6.07 Å². The number of hydrogen-bond acceptors (Lipinski definition) is 4. The summed E-state index contributed by atoms with van der Waals surface area (Å²) in [7, 11) is 0. The molecule has 1 aliphatic rings. The summed E-state index contributed by atoms with van der Waals surface area (Å²) >= 11 is 0. The van der Waals surface area contributed by atoms with Crippen molar-refractivity contribution >= 4 is 23.3 Å². The standard InChI is InChI=1S/C12H11N3O4/c1-2-6-13-8-11(16)14(12(13)17)9-4-3-5-10(7-9)15(18)19/h2-5,7H,1,6,8H2. The molecule has 98 valence electrons. The Morgan fingerprint density at radius 3 is 2.79 bits per heavy atom. The first kappa shape index (κ1) is 12.7. The van der Waals surface area contributed by atoms with E-state index in [9.17, 15) is 19.7 Å². The molecule has 19 heavy (non-hydrogen) atoms. The third-order valence-electron chi connectivity index (χ3n) is 2.69. The molecule has 3 amide bonds. The smallest absolute Gasteiger partial charge is 0.311 e. The molecule has 0 atom stereocenters. The van der Waals surface area contributed by atoms with Crippen LogP contribution in [0.25, 0.3) is 0 Å². The van der Waals surface area contributed by atoms with Crippen LogP contribution in [0.2, 0.25) is 0 Å². The van der Waals surface area contributed by atoms with Crippen molar-refractivity contribution in [1.29, 1.82) is 0 Å². The van der Waals surface area contributed by atoms with Crippen LogP contribution < -0.4 is 4.90 Å². The number of urea groups is 1. The van der Waals surface area contributed by atoms with Gasteiger partial charge in [0.25, 0.3) is 11.6 Å². The Kier molecular flexibility index (Phi) is 3.28. The number of amides is 3. The number of imide groups is 1. The lowest BCUT2D eigenvalue weighted by Crippen LogP contribution is -2.33. The molecule has 1 aromatic carbocycles. The quantitative estimate of drug-likeness (QED) is 0.356. The summed E-state index contributed by atoms with van der Waals surface area (Å²) in [6.45, 7) is 3.72. The van der Waals surface area contributed by atoms with Gasteiger partial charge in [-0.2, -0.15) is 0 Å². The predicted molar refractivity (Wildman–Crippen MR) is 67.7 cm³/mol. The minimum Gasteiger partial charge on any atom is -0.311 e. The molecule has 1 heterocycles. The van der Waals surface area contributed by atoms with Gasteiger partial charge in [0.05, 0.1) is 10.6 Å². The highest BCUT2D eigenvalue weighted by molar-refractivity contribution is 6.19. The Morgan fingerprint density at radius 2 is 2.16 bits per heavy atom. The Bertz CT molecular complexity index is 570. The van der Waals surface area contributed by atoms with Gasteiger partial charge in [-0.3, -0.25) is 14.9 Å². The molecular weight excluding hydrogens is 250 g/mol. The summed E-state index contributed by atoms with van der Waals surface area (Å²) in [5, 5.41) is 10.7. The molecule has 0 aliphatic carbocycles. The minimum absolute atomic E-state index is 0.0481. The molecule has 1 aromatic rings. The molecule has 7 heteroatoms. The minimum atomic E-state index is -0.573. The summed E-state index contributed by atoms with van der Waals surface area (Å²) in [5.41, 5.74) is 0.0380. The highest BCUT2D eigenvalue weighted by Gasteiger charge is 2.36. The molecule has 0 radical (unpaired) electrons. The van der Waals surface area contributed by atoms with Crippen molar-refractivity contribution < 1.29 is 14.5 Å². The van der Waals surface area contributed by atoms with E-state index >= 15 is 0 Å². The van der Waals surface area contributed by atoms with E-state index in [4.69, 9.17) is 0 Å². The molecule has 0 N–H and O–H groups in total. The molecule has 2 rings (SSSR count). The average molecular weight is 261 g/mol. The summed E-state index contributed by atoms with van der Waals surface area (Å²) in [5.74, 6) is -0.410. The van der Waals surface area contributed by atoms with E-state index in [1.165, 1.54) is 35.2 Å². The zero-order valence-electron chi connectivity index (χ0n) is 9.98. The number of nitro benzene ring substituents is 1. The first-order valence-corrected chi connectivity index (χ1v) is 5.52. The van der Waals surface area contributed by atoms with E-state index in [1.807, 2.05) is 0 Å². The van der Waals surface area contributed by atoms with Crippen molar-refractivity contribution in [2.75, 3.05) is 18.0 Å². The van der Waals surface area contributed by atoms with Crippen molar-refractivity contribution in [3.63, 3.8) is 0 Å². The van der Waals surface area contributed by atoms with E-state index < -0.39 is 16.9 Å². The van der Waals surface area contributed by atoms with Crippen molar-refractivity contribution in [1.82, 2.24) is 4.90 Å². The maximum Gasteiger partial charge on any atom is 0.332 e. The number of carbonyl (C=O) groups is 2. The second kappa shape index (κ2) is 4.89. The van der Waals surface area contributed by atoms with Crippen LogP contribution in [0.1, 0.15) is 0 Å². The lowest BCUT2D eigenvalue weighted by molar-refractivity contribution is -0.384. The molecule has 0 aromatic heterocycles. The van der Waals surface area contributed by atoms with Crippen molar-refractivity contribution in [2.24, 2.45) is 0 Å². The van der Waals surface area contributed by atoms with Crippen molar-refractivity contribution in [3.05, 3.63) is 47.0 Å². The number of non-ortho nitro benzene ring substituents is 1. The van der Waals surface area contributed by atoms with Gasteiger partial charge in [0.15, 0.2) is 0 Å². The van der Waals surface area contributed by atoms with Gasteiger partial charge in [-0.25, -0.2) is 9.69 Å². The van der Waals surface area contributed by atoms with E-state index in [-0.39, 0.29) is 24.5 Å². The number of carbonyl (C=O) groups excluding carboxylic acids is 2. The van der Waals surface area contributed by atoms with Gasteiger partial charge in [0.2, 0.25) is 0 Å². The first-order chi connectivity index (χ1) is 9.04. The number of hydrogen-bond donors (Lipinski definition) is 0. The van der Waals surface area contributed by atoms with Gasteiger partial charge >= 0.3 is 6.03 Å². The number of nitro groups is 1. The summed E-state index contributed by atoms with van der Waals surface area (Å²) < 4.78 is 0. The van der Waals surface area contributed by atoms with Crippen molar-refractivity contribution in [3.8, 4) is 0 Å². The molecule has 0 saturated carbocycles. The lowest BCUT2D eigenvalue weighted by atomic mass is 10.2. The third-order valence-corrected chi connectivity index (χ3v) is 2.69. The van der Waals surface area contributed by atoms with E-state index in [2.05, 4.69) is 6.58 Å². The Balaban J connectivity index is 2.33. The van der Waals surface area contributed by atoms with E-state index in [0.29, 0.717) is 0 Å². The van der Waals surface area contributed by atoms with Crippen molar-refractivity contribution in [2.45, 2.75) is 0 Å². The van der Waals surface area contributed by atoms with Gasteiger partial charge in [-0.1, -0.05) is 12.1 Å². The second-order valence-corrected chi connectivity index (χ2v) is 3.96. The average Bonchev–Trinajstić information content (AvgIpc) is 2.65. The summed E-state index contributed by atoms with van der Waals surface area (Å²) in [4.78, 5) is 36.2. The van der Waals surface area contributed by atoms with Crippen LogP contribution in [0, 0.1) is 10.1 Å². The Labute approximate surface area is 108 Å². The molecule has 0 spiro atoms. The molecule has 1 aliphatic heterocycles. The van der Waals surface area contributed by atoms with E-state index in [1.54, 1.807) is 0 Å². The predicted octanol–water partition coefficient (Wildman–Crippen LogP) is 1.55. The van der Waals surface area contributed by atoms with Gasteiger partial charge in [0.1, 0.15) is 6.54 Å². The summed E-state index contributed by atoms with van der Waals surface area (Å²) in [6.07, 6.45) is 1.52. The molecule has 1 fully saturated rings. The molecule has 0 unspecified atom stereocenters. The highest BCUT2D eigenvalue weighted by atomic mass is 16.6. The number of benzene rings is 1. The van der Waals surface area contributed by atoms with Crippen LogP contribution in [0.5, 0.6) is 0 Å². The van der Waals surface area contributed by atoms with Gasteiger partial charge < -0.3 is 4.90 Å². The third kappa shape index (κ3) is 2.30. The fraction of sp³-hybridized carbons (Fsp3) is 0.167. The molecule has 0 bridgehead atoms. The zero-order valence-corrected chi connectivity index (χ0v) is 9.98. The molecule has 7 nitrogen and oxygen atoms in total. The van der Waals surface area contributed by atoms with Crippen LogP contribution >= 0.6 is 0 Å². The normalized spacial score (nSPS) is 14.9. The largest absolute Gasteiger partial charge is 0.332 e. The SMILES string of the molecule is C=CCN1CC(=O)N(c2cccc([N+](=O)[O-])c2)C1=O. The van der Waals surface area contributed by atoms with E-state index in [0.717, 1.165) is 4.90 Å². The Hall–Kier alpha value is -2.70. The molecular formula is C12H11N3O4. The maximum atomic E-state index is 12.0. The number of nitrogens with zero attached hydrogens (tertiary/aromatic N) is 3. The van der Waals surface area contributed by atoms with Crippen LogP contribution in [-0.2, 0) is 4.79 Å². The van der Waals surface area contributed by atoms with Crippen LogP contribution in [-0.4, -0.2) is 34.9 Å². The van der Waals surface area contributed by atoms with Gasteiger partial charge in [-0.15, -0.1) is 6.58 Å². The summed E-state index contributed by atoms with van der Waals surface area (Å²) in [6, 6.07) is 4.93. The highest BCUT2D eigenvalue weighted by Crippen LogP contribution is 2.25.